The predicted octanol–water partition coefficient (Wildman–Crippen LogP) is 6.39. The SMILES string of the molecule is COc1cccc(C2CN(Cc3ccccc3)CC2CN(C(=O)c2ccccc2)C2CCCCC2)c1. The first-order valence-electron chi connectivity index (χ1n) is 13.5. The maximum Gasteiger partial charge on any atom is 0.254 e. The van der Waals surface area contributed by atoms with Crippen LogP contribution in [0.25, 0.3) is 0 Å². The highest BCUT2D eigenvalue weighted by molar-refractivity contribution is 5.94. The van der Waals surface area contributed by atoms with E-state index in [2.05, 4.69) is 58.3 Å². The number of rotatable bonds is 8. The van der Waals surface area contributed by atoms with Gasteiger partial charge in [-0.05, 0) is 54.2 Å². The third kappa shape index (κ3) is 5.82. The first-order chi connectivity index (χ1) is 17.7. The number of amides is 1. The molecule has 0 aromatic heterocycles. The zero-order valence-corrected chi connectivity index (χ0v) is 21.4. The summed E-state index contributed by atoms with van der Waals surface area (Å²) in [6, 6.07) is 29.5. The molecule has 4 heteroatoms. The van der Waals surface area contributed by atoms with Crippen molar-refractivity contribution >= 4 is 5.91 Å². The Morgan fingerprint density at radius 2 is 1.61 bits per heavy atom. The fourth-order valence-electron chi connectivity index (χ4n) is 6.16. The fourth-order valence-corrected chi connectivity index (χ4v) is 6.16. The molecule has 1 aliphatic carbocycles. The van der Waals surface area contributed by atoms with Gasteiger partial charge in [0.25, 0.3) is 5.91 Å². The van der Waals surface area contributed by atoms with Crippen LogP contribution in [0.4, 0.5) is 0 Å². The van der Waals surface area contributed by atoms with Gasteiger partial charge in [-0.2, -0.15) is 0 Å². The number of nitrogens with zero attached hydrogens (tertiary/aromatic N) is 2. The van der Waals surface area contributed by atoms with Crippen molar-refractivity contribution in [2.75, 3.05) is 26.7 Å². The van der Waals surface area contributed by atoms with Crippen molar-refractivity contribution in [2.24, 2.45) is 5.92 Å². The van der Waals surface area contributed by atoms with Crippen LogP contribution in [-0.2, 0) is 6.54 Å². The molecule has 36 heavy (non-hydrogen) atoms. The summed E-state index contributed by atoms with van der Waals surface area (Å²) in [4.78, 5) is 18.6. The Labute approximate surface area is 215 Å². The maximum atomic E-state index is 13.8. The Morgan fingerprint density at radius 3 is 2.33 bits per heavy atom. The van der Waals surface area contributed by atoms with E-state index < -0.39 is 0 Å². The van der Waals surface area contributed by atoms with Gasteiger partial charge in [0.1, 0.15) is 5.75 Å². The molecule has 3 aromatic rings. The number of carbonyl (C=O) groups excluding carboxylic acids is 1. The first kappa shape index (κ1) is 24.6. The maximum absolute atomic E-state index is 13.8. The second kappa shape index (κ2) is 11.7. The van der Waals surface area contributed by atoms with E-state index >= 15 is 0 Å². The van der Waals surface area contributed by atoms with Gasteiger partial charge in [-0.1, -0.05) is 79.9 Å². The molecule has 2 fully saturated rings. The van der Waals surface area contributed by atoms with Gasteiger partial charge in [0.2, 0.25) is 0 Å². The van der Waals surface area contributed by atoms with Gasteiger partial charge in [-0.15, -0.1) is 0 Å². The van der Waals surface area contributed by atoms with E-state index in [-0.39, 0.29) is 5.91 Å². The lowest BCUT2D eigenvalue weighted by Crippen LogP contribution is -2.45. The Kier molecular flexibility index (Phi) is 8.02. The smallest absolute Gasteiger partial charge is 0.254 e. The lowest BCUT2D eigenvalue weighted by Gasteiger charge is -2.37. The molecule has 1 aliphatic heterocycles. The van der Waals surface area contributed by atoms with E-state index in [1.807, 2.05) is 36.4 Å². The summed E-state index contributed by atoms with van der Waals surface area (Å²) in [7, 11) is 1.73. The van der Waals surface area contributed by atoms with E-state index in [0.29, 0.717) is 17.9 Å². The molecule has 188 valence electrons. The van der Waals surface area contributed by atoms with E-state index in [1.54, 1.807) is 7.11 Å². The lowest BCUT2D eigenvalue weighted by atomic mass is 9.86. The molecular weight excluding hydrogens is 444 g/mol. The second-order valence-electron chi connectivity index (χ2n) is 10.4. The van der Waals surface area contributed by atoms with Crippen LogP contribution in [0.15, 0.2) is 84.9 Å². The quantitative estimate of drug-likeness (QED) is 0.373. The minimum absolute atomic E-state index is 0.188. The van der Waals surface area contributed by atoms with Crippen molar-refractivity contribution in [3.63, 3.8) is 0 Å². The average molecular weight is 483 g/mol. The molecule has 0 radical (unpaired) electrons. The normalized spacial score (nSPS) is 20.8. The van der Waals surface area contributed by atoms with Crippen LogP contribution in [0, 0.1) is 5.92 Å². The predicted molar refractivity (Wildman–Crippen MR) is 145 cm³/mol. The zero-order valence-electron chi connectivity index (χ0n) is 21.4. The molecular formula is C32H38N2O2. The minimum atomic E-state index is 0.188. The van der Waals surface area contributed by atoms with E-state index in [9.17, 15) is 4.79 Å². The zero-order chi connectivity index (χ0) is 24.7. The van der Waals surface area contributed by atoms with Gasteiger partial charge in [0.15, 0.2) is 0 Å². The molecule has 2 atom stereocenters. The third-order valence-corrected chi connectivity index (χ3v) is 8.02. The molecule has 1 saturated heterocycles. The molecule has 1 amide bonds. The second-order valence-corrected chi connectivity index (χ2v) is 10.4. The standard InChI is InChI=1S/C32H38N2O2/c1-36-30-19-11-16-27(20-30)31-24-33(21-25-12-5-2-6-13-25)22-28(31)23-34(29-17-9-4-10-18-29)32(35)26-14-7-3-8-15-26/h2-3,5-8,11-16,19-20,28-29,31H,4,9-10,17-18,21-24H2,1H3. The topological polar surface area (TPSA) is 32.8 Å². The summed E-state index contributed by atoms with van der Waals surface area (Å²) in [5.74, 6) is 1.82. The number of hydrogen-bond donors (Lipinski definition) is 0. The Bertz CT molecular complexity index is 1110. The van der Waals surface area contributed by atoms with Crippen molar-refractivity contribution in [3.8, 4) is 5.75 Å². The molecule has 4 nitrogen and oxygen atoms in total. The number of ether oxygens (including phenoxy) is 1. The molecule has 0 spiro atoms. The van der Waals surface area contributed by atoms with Gasteiger partial charge in [-0.3, -0.25) is 9.69 Å². The van der Waals surface area contributed by atoms with Crippen molar-refractivity contribution in [1.29, 1.82) is 0 Å². The monoisotopic (exact) mass is 482 g/mol. The molecule has 5 rings (SSSR count). The van der Waals surface area contributed by atoms with Crippen LogP contribution in [0.3, 0.4) is 0 Å². The summed E-state index contributed by atoms with van der Waals surface area (Å²) in [5, 5.41) is 0. The summed E-state index contributed by atoms with van der Waals surface area (Å²) >= 11 is 0. The lowest BCUT2D eigenvalue weighted by molar-refractivity contribution is 0.0588. The van der Waals surface area contributed by atoms with Crippen LogP contribution >= 0.6 is 0 Å². The van der Waals surface area contributed by atoms with Crippen LogP contribution < -0.4 is 4.74 Å². The molecule has 1 heterocycles. The van der Waals surface area contributed by atoms with Crippen LogP contribution in [0.5, 0.6) is 5.75 Å². The van der Waals surface area contributed by atoms with Crippen molar-refractivity contribution < 1.29 is 9.53 Å². The summed E-state index contributed by atoms with van der Waals surface area (Å²) in [5.41, 5.74) is 3.46. The van der Waals surface area contributed by atoms with Crippen LogP contribution in [0.1, 0.15) is 59.5 Å². The van der Waals surface area contributed by atoms with Gasteiger partial charge in [-0.25, -0.2) is 0 Å². The van der Waals surface area contributed by atoms with E-state index in [4.69, 9.17) is 4.74 Å². The van der Waals surface area contributed by atoms with E-state index in [0.717, 1.165) is 50.3 Å². The highest BCUT2D eigenvalue weighted by atomic mass is 16.5. The summed E-state index contributed by atoms with van der Waals surface area (Å²) in [6.07, 6.45) is 5.94. The molecule has 1 saturated carbocycles. The molecule has 0 bridgehead atoms. The Morgan fingerprint density at radius 1 is 0.889 bits per heavy atom. The van der Waals surface area contributed by atoms with E-state index in [1.165, 1.54) is 30.4 Å². The number of likely N-dealkylation sites (tertiary alicyclic amines) is 1. The van der Waals surface area contributed by atoms with Gasteiger partial charge >= 0.3 is 0 Å². The van der Waals surface area contributed by atoms with Crippen molar-refractivity contribution in [2.45, 2.75) is 50.6 Å². The van der Waals surface area contributed by atoms with Crippen LogP contribution in [-0.4, -0.2) is 48.5 Å². The first-order valence-corrected chi connectivity index (χ1v) is 13.5. The fraction of sp³-hybridized carbons (Fsp3) is 0.406. The minimum Gasteiger partial charge on any atom is -0.497 e. The summed E-state index contributed by atoms with van der Waals surface area (Å²) in [6.45, 7) is 3.71. The molecule has 0 N–H and O–H groups in total. The number of carbonyl (C=O) groups is 1. The van der Waals surface area contributed by atoms with Gasteiger partial charge in [0, 0.05) is 43.7 Å². The largest absolute Gasteiger partial charge is 0.497 e. The Hall–Kier alpha value is -3.11. The van der Waals surface area contributed by atoms with Gasteiger partial charge in [0.05, 0.1) is 7.11 Å². The van der Waals surface area contributed by atoms with Crippen LogP contribution in [0.2, 0.25) is 0 Å². The molecule has 3 aromatic carbocycles. The van der Waals surface area contributed by atoms with Gasteiger partial charge < -0.3 is 9.64 Å². The van der Waals surface area contributed by atoms with Crippen molar-refractivity contribution in [3.05, 3.63) is 102 Å². The highest BCUT2D eigenvalue weighted by Gasteiger charge is 2.38. The van der Waals surface area contributed by atoms with Crippen molar-refractivity contribution in [1.82, 2.24) is 9.80 Å². The number of benzene rings is 3. The number of methoxy groups -OCH3 is 1. The highest BCUT2D eigenvalue weighted by Crippen LogP contribution is 2.37. The molecule has 2 unspecified atom stereocenters. The molecule has 2 aliphatic rings. The average Bonchev–Trinajstić information content (AvgIpc) is 3.35. The summed E-state index contributed by atoms with van der Waals surface area (Å²) < 4.78 is 5.57. The third-order valence-electron chi connectivity index (χ3n) is 8.02. The number of hydrogen-bond acceptors (Lipinski definition) is 3. The Balaban J connectivity index is 1.42.